The molecule has 92 valence electrons. The number of hydrogen-bond donors (Lipinski definition) is 3. The summed E-state index contributed by atoms with van der Waals surface area (Å²) < 4.78 is 0. The molecule has 0 bridgehead atoms. The van der Waals surface area contributed by atoms with Crippen molar-refractivity contribution >= 4 is 40.8 Å². The Bertz CT molecular complexity index is 438. The first-order valence-corrected chi connectivity index (χ1v) is 5.42. The number of carbonyl (C=O) groups excluding carboxylic acids is 1. The Labute approximate surface area is 108 Å². The highest BCUT2D eigenvalue weighted by Gasteiger charge is 2.08. The third-order valence-electron chi connectivity index (χ3n) is 1.79. The highest BCUT2D eigenvalue weighted by molar-refractivity contribution is 6.43. The van der Waals surface area contributed by atoms with E-state index in [0.717, 1.165) is 0 Å². The first-order chi connectivity index (χ1) is 8.00. The maximum atomic E-state index is 11.4. The van der Waals surface area contributed by atoms with Crippen molar-refractivity contribution in [3.63, 3.8) is 0 Å². The molecule has 0 atom stereocenters. The Kier molecular flexibility index (Phi) is 5.21. The Hall–Kier alpha value is -1.30. The van der Waals surface area contributed by atoms with Crippen LogP contribution in [0.25, 0.3) is 0 Å². The summed E-state index contributed by atoms with van der Waals surface area (Å²) in [7, 11) is 0. The van der Waals surface area contributed by atoms with Gasteiger partial charge in [0.15, 0.2) is 0 Å². The molecule has 17 heavy (non-hydrogen) atoms. The number of carbonyl (C=O) groups is 2. The summed E-state index contributed by atoms with van der Waals surface area (Å²) in [6.07, 6.45) is 0. The summed E-state index contributed by atoms with van der Waals surface area (Å²) in [5.41, 5.74) is 0.390. The fourth-order valence-corrected chi connectivity index (χ4v) is 1.43. The molecule has 0 heterocycles. The van der Waals surface area contributed by atoms with Gasteiger partial charge in [-0.2, -0.15) is 0 Å². The van der Waals surface area contributed by atoms with E-state index in [-0.39, 0.29) is 18.1 Å². The third kappa shape index (κ3) is 4.60. The van der Waals surface area contributed by atoms with Gasteiger partial charge in [-0.25, -0.2) is 0 Å². The zero-order valence-electron chi connectivity index (χ0n) is 8.67. The Morgan fingerprint density at radius 3 is 2.59 bits per heavy atom. The molecular formula is C10H10Cl2N2O3. The number of hydrogen-bond acceptors (Lipinski definition) is 3. The van der Waals surface area contributed by atoms with Crippen molar-refractivity contribution in [1.29, 1.82) is 0 Å². The first kappa shape index (κ1) is 13.8. The van der Waals surface area contributed by atoms with E-state index in [4.69, 9.17) is 28.3 Å². The second-order valence-corrected chi connectivity index (χ2v) is 3.93. The average molecular weight is 277 g/mol. The fourth-order valence-electron chi connectivity index (χ4n) is 1.08. The van der Waals surface area contributed by atoms with E-state index in [2.05, 4.69) is 10.6 Å². The molecule has 0 radical (unpaired) electrons. The minimum absolute atomic E-state index is 0.116. The van der Waals surface area contributed by atoms with Crippen LogP contribution in [0.2, 0.25) is 10.0 Å². The lowest BCUT2D eigenvalue weighted by atomic mass is 10.3. The van der Waals surface area contributed by atoms with Gasteiger partial charge in [-0.1, -0.05) is 29.3 Å². The zero-order valence-corrected chi connectivity index (χ0v) is 10.2. The number of halogens is 2. The minimum Gasteiger partial charge on any atom is -0.480 e. The Morgan fingerprint density at radius 1 is 1.24 bits per heavy atom. The molecule has 1 aromatic rings. The lowest BCUT2D eigenvalue weighted by molar-refractivity contribution is -0.135. The molecule has 3 N–H and O–H groups in total. The van der Waals surface area contributed by atoms with Crippen LogP contribution in [0.15, 0.2) is 18.2 Å². The van der Waals surface area contributed by atoms with E-state index in [1.807, 2.05) is 0 Å². The van der Waals surface area contributed by atoms with Crippen LogP contribution in [-0.2, 0) is 9.59 Å². The smallest absolute Gasteiger partial charge is 0.317 e. The number of carboxylic acid groups (broad SMARTS) is 1. The van der Waals surface area contributed by atoms with E-state index in [9.17, 15) is 9.59 Å². The second kappa shape index (κ2) is 6.44. The number of benzene rings is 1. The molecule has 1 aromatic carbocycles. The standard InChI is InChI=1S/C10H10Cl2N2O3/c11-6-2-1-3-7(10(6)12)14-8(15)4-13-5-9(16)17/h1-3,13H,4-5H2,(H,14,15)(H,16,17). The van der Waals surface area contributed by atoms with Gasteiger partial charge < -0.3 is 10.4 Å². The van der Waals surface area contributed by atoms with Crippen molar-refractivity contribution in [2.24, 2.45) is 0 Å². The lowest BCUT2D eigenvalue weighted by Gasteiger charge is -2.08. The van der Waals surface area contributed by atoms with Gasteiger partial charge in [0.25, 0.3) is 0 Å². The van der Waals surface area contributed by atoms with Crippen molar-refractivity contribution < 1.29 is 14.7 Å². The third-order valence-corrected chi connectivity index (χ3v) is 2.61. The molecule has 0 unspecified atom stereocenters. The maximum absolute atomic E-state index is 11.4. The SMILES string of the molecule is O=C(O)CNCC(=O)Nc1cccc(Cl)c1Cl. The molecular weight excluding hydrogens is 267 g/mol. The summed E-state index contributed by atoms with van der Waals surface area (Å²) in [6.45, 7) is -0.397. The number of rotatable bonds is 5. The molecule has 0 aliphatic rings. The van der Waals surface area contributed by atoms with Gasteiger partial charge in [0, 0.05) is 0 Å². The van der Waals surface area contributed by atoms with Gasteiger partial charge in [0.1, 0.15) is 0 Å². The normalized spacial score (nSPS) is 10.0. The summed E-state index contributed by atoms with van der Waals surface area (Å²) in [6, 6.07) is 4.85. The van der Waals surface area contributed by atoms with Gasteiger partial charge in [0.2, 0.25) is 5.91 Å². The second-order valence-electron chi connectivity index (χ2n) is 3.15. The number of nitrogens with one attached hydrogen (secondary N) is 2. The number of aliphatic carboxylic acids is 1. The Balaban J connectivity index is 2.51. The van der Waals surface area contributed by atoms with Crippen molar-refractivity contribution in [2.75, 3.05) is 18.4 Å². The number of carboxylic acids is 1. The minimum atomic E-state index is -1.03. The topological polar surface area (TPSA) is 78.4 Å². The molecule has 0 spiro atoms. The maximum Gasteiger partial charge on any atom is 0.317 e. The zero-order chi connectivity index (χ0) is 12.8. The monoisotopic (exact) mass is 276 g/mol. The predicted molar refractivity (Wildman–Crippen MR) is 65.6 cm³/mol. The van der Waals surface area contributed by atoms with Crippen molar-refractivity contribution in [2.45, 2.75) is 0 Å². The van der Waals surface area contributed by atoms with E-state index in [1.54, 1.807) is 18.2 Å². The molecule has 0 saturated carbocycles. The van der Waals surface area contributed by atoms with Gasteiger partial charge >= 0.3 is 5.97 Å². The molecule has 0 saturated heterocycles. The molecule has 0 aromatic heterocycles. The highest BCUT2D eigenvalue weighted by Crippen LogP contribution is 2.29. The molecule has 0 fully saturated rings. The van der Waals surface area contributed by atoms with Crippen LogP contribution >= 0.6 is 23.2 Å². The van der Waals surface area contributed by atoms with E-state index in [1.165, 1.54) is 0 Å². The summed E-state index contributed by atoms with van der Waals surface area (Å²) in [5.74, 6) is -1.42. The lowest BCUT2D eigenvalue weighted by Crippen LogP contribution is -2.31. The summed E-state index contributed by atoms with van der Waals surface area (Å²) >= 11 is 11.6. The van der Waals surface area contributed by atoms with Crippen molar-refractivity contribution in [1.82, 2.24) is 5.32 Å². The molecule has 1 rings (SSSR count). The average Bonchev–Trinajstić information content (AvgIpc) is 2.24. The predicted octanol–water partition coefficient (Wildman–Crippen LogP) is 1.61. The fraction of sp³-hybridized carbons (Fsp3) is 0.200. The van der Waals surface area contributed by atoms with Crippen LogP contribution in [0.4, 0.5) is 5.69 Å². The van der Waals surface area contributed by atoms with E-state index < -0.39 is 11.9 Å². The van der Waals surface area contributed by atoms with Crippen LogP contribution < -0.4 is 10.6 Å². The molecule has 5 nitrogen and oxygen atoms in total. The van der Waals surface area contributed by atoms with Crippen LogP contribution in [0, 0.1) is 0 Å². The molecule has 1 amide bonds. The van der Waals surface area contributed by atoms with Gasteiger partial charge in [-0.3, -0.25) is 14.9 Å². The van der Waals surface area contributed by atoms with Gasteiger partial charge in [0.05, 0.1) is 28.8 Å². The molecule has 7 heteroatoms. The van der Waals surface area contributed by atoms with E-state index in [0.29, 0.717) is 10.7 Å². The van der Waals surface area contributed by atoms with Crippen LogP contribution in [-0.4, -0.2) is 30.1 Å². The summed E-state index contributed by atoms with van der Waals surface area (Å²) in [5, 5.41) is 13.9. The van der Waals surface area contributed by atoms with Crippen molar-refractivity contribution in [3.8, 4) is 0 Å². The number of anilines is 1. The van der Waals surface area contributed by atoms with Crippen LogP contribution in [0.3, 0.4) is 0 Å². The largest absolute Gasteiger partial charge is 0.480 e. The van der Waals surface area contributed by atoms with Crippen LogP contribution in [0.5, 0.6) is 0 Å². The van der Waals surface area contributed by atoms with Crippen molar-refractivity contribution in [3.05, 3.63) is 28.2 Å². The van der Waals surface area contributed by atoms with Gasteiger partial charge in [-0.05, 0) is 12.1 Å². The first-order valence-electron chi connectivity index (χ1n) is 4.67. The highest BCUT2D eigenvalue weighted by atomic mass is 35.5. The molecule has 0 aliphatic heterocycles. The Morgan fingerprint density at radius 2 is 1.94 bits per heavy atom. The van der Waals surface area contributed by atoms with Crippen LogP contribution in [0.1, 0.15) is 0 Å². The quantitative estimate of drug-likeness (QED) is 0.764. The molecule has 0 aliphatic carbocycles. The van der Waals surface area contributed by atoms with Gasteiger partial charge in [-0.15, -0.1) is 0 Å². The van der Waals surface area contributed by atoms with E-state index >= 15 is 0 Å². The number of amides is 1. The summed E-state index contributed by atoms with van der Waals surface area (Å²) in [4.78, 5) is 21.6.